The summed E-state index contributed by atoms with van der Waals surface area (Å²) in [5.41, 5.74) is -0.287. The Morgan fingerprint density at radius 2 is 2.08 bits per heavy atom. The summed E-state index contributed by atoms with van der Waals surface area (Å²) in [6.07, 6.45) is 3.65. The van der Waals surface area contributed by atoms with E-state index in [2.05, 4.69) is 17.2 Å². The molecule has 1 aliphatic heterocycles. The van der Waals surface area contributed by atoms with Gasteiger partial charge in [0.05, 0.1) is 0 Å². The molecule has 1 aliphatic rings. The average molecular weight is 337 g/mol. The van der Waals surface area contributed by atoms with Crippen LogP contribution in [-0.4, -0.2) is 40.2 Å². The van der Waals surface area contributed by atoms with Crippen LogP contribution < -0.4 is 5.32 Å². The van der Waals surface area contributed by atoms with Gasteiger partial charge in [0, 0.05) is 19.6 Å². The number of anilines is 1. The maximum atomic E-state index is 12.5. The van der Waals surface area contributed by atoms with Crippen LogP contribution >= 0.6 is 0 Å². The number of imidazole rings is 1. The van der Waals surface area contributed by atoms with Gasteiger partial charge in [0.25, 0.3) is 5.91 Å². The maximum Gasteiger partial charge on any atom is 0.359 e. The molecular formula is C17H27N3O4. The number of fused-ring (bicyclic) bond motifs is 1. The van der Waals surface area contributed by atoms with Gasteiger partial charge in [0.2, 0.25) is 0 Å². The number of nitrogens with zero attached hydrogens (tertiary/aromatic N) is 2. The molecule has 24 heavy (non-hydrogen) atoms. The van der Waals surface area contributed by atoms with Crippen molar-refractivity contribution in [2.45, 2.75) is 65.5 Å². The molecule has 0 aromatic carbocycles. The summed E-state index contributed by atoms with van der Waals surface area (Å²) in [6, 6.07) is 0. The highest BCUT2D eigenvalue weighted by atomic mass is 16.6. The van der Waals surface area contributed by atoms with Crippen molar-refractivity contribution in [3.05, 3.63) is 11.5 Å². The Labute approximate surface area is 142 Å². The highest BCUT2D eigenvalue weighted by molar-refractivity contribution is 5.99. The Morgan fingerprint density at radius 1 is 1.33 bits per heavy atom. The van der Waals surface area contributed by atoms with Gasteiger partial charge < -0.3 is 19.4 Å². The van der Waals surface area contributed by atoms with Crippen molar-refractivity contribution in [2.24, 2.45) is 0 Å². The average Bonchev–Trinajstić information content (AvgIpc) is 3.01. The summed E-state index contributed by atoms with van der Waals surface area (Å²) in [7, 11) is 0. The second-order valence-electron chi connectivity index (χ2n) is 6.94. The lowest BCUT2D eigenvalue weighted by Gasteiger charge is -2.20. The van der Waals surface area contributed by atoms with Gasteiger partial charge >= 0.3 is 5.97 Å². The van der Waals surface area contributed by atoms with E-state index in [-0.39, 0.29) is 18.3 Å². The lowest BCUT2D eigenvalue weighted by atomic mass is 10.2. The number of amides is 1. The Kier molecular flexibility index (Phi) is 5.99. The zero-order chi connectivity index (χ0) is 17.7. The number of aromatic nitrogens is 2. The monoisotopic (exact) mass is 337 g/mol. The van der Waals surface area contributed by atoms with E-state index in [1.54, 1.807) is 0 Å². The fourth-order valence-electron chi connectivity index (χ4n) is 2.53. The number of hydrogen-bond acceptors (Lipinski definition) is 5. The van der Waals surface area contributed by atoms with Gasteiger partial charge in [-0.25, -0.2) is 9.78 Å². The molecule has 2 rings (SSSR count). The first-order chi connectivity index (χ1) is 11.3. The van der Waals surface area contributed by atoms with E-state index in [1.165, 1.54) is 0 Å². The number of rotatable bonds is 7. The molecule has 0 saturated carbocycles. The standard InChI is InChI=1S/C17H27N3O4/c1-5-6-10-23-11-13(21)19-15-14(16(22)24-17(2,3)4)20-9-7-8-12(20)18-15/h5-11H2,1-4H3,(H,19,21). The first kappa shape index (κ1) is 18.4. The number of carbonyl (C=O) groups excluding carboxylic acids is 2. The fraction of sp³-hybridized carbons (Fsp3) is 0.706. The lowest BCUT2D eigenvalue weighted by molar-refractivity contribution is -0.120. The third-order valence-corrected chi connectivity index (χ3v) is 3.55. The highest BCUT2D eigenvalue weighted by Gasteiger charge is 2.30. The van der Waals surface area contributed by atoms with Crippen LogP contribution in [0.3, 0.4) is 0 Å². The lowest BCUT2D eigenvalue weighted by Crippen LogP contribution is -2.27. The third-order valence-electron chi connectivity index (χ3n) is 3.55. The van der Waals surface area contributed by atoms with Crippen LogP contribution in [-0.2, 0) is 27.2 Å². The summed E-state index contributed by atoms with van der Waals surface area (Å²) in [5.74, 6) is 0.291. The largest absolute Gasteiger partial charge is 0.455 e. The van der Waals surface area contributed by atoms with Crippen molar-refractivity contribution in [1.29, 1.82) is 0 Å². The van der Waals surface area contributed by atoms with E-state index >= 15 is 0 Å². The van der Waals surface area contributed by atoms with Gasteiger partial charge in [0.15, 0.2) is 11.5 Å². The van der Waals surface area contributed by atoms with Crippen LogP contribution in [0.1, 0.15) is 63.3 Å². The molecule has 1 N–H and O–H groups in total. The predicted molar refractivity (Wildman–Crippen MR) is 90.1 cm³/mol. The normalized spacial score (nSPS) is 13.7. The highest BCUT2D eigenvalue weighted by Crippen LogP contribution is 2.26. The van der Waals surface area contributed by atoms with E-state index in [0.717, 1.165) is 31.5 Å². The van der Waals surface area contributed by atoms with Crippen LogP contribution in [0.15, 0.2) is 0 Å². The second kappa shape index (κ2) is 7.79. The molecule has 0 fully saturated rings. The molecule has 7 nitrogen and oxygen atoms in total. The van der Waals surface area contributed by atoms with Crippen LogP contribution in [0.5, 0.6) is 0 Å². The molecule has 0 atom stereocenters. The van der Waals surface area contributed by atoms with Crippen LogP contribution in [0, 0.1) is 0 Å². The minimum Gasteiger partial charge on any atom is -0.455 e. The third kappa shape index (κ3) is 4.80. The van der Waals surface area contributed by atoms with E-state index in [1.807, 2.05) is 25.3 Å². The molecule has 0 bridgehead atoms. The van der Waals surface area contributed by atoms with Gasteiger partial charge in [-0.15, -0.1) is 0 Å². The quantitative estimate of drug-likeness (QED) is 0.611. The number of hydrogen-bond donors (Lipinski definition) is 1. The van der Waals surface area contributed by atoms with E-state index in [9.17, 15) is 9.59 Å². The van der Waals surface area contributed by atoms with Gasteiger partial charge in [-0.3, -0.25) is 4.79 Å². The Hall–Kier alpha value is -1.89. The zero-order valence-electron chi connectivity index (χ0n) is 15.0. The molecule has 0 unspecified atom stereocenters. The summed E-state index contributed by atoms with van der Waals surface area (Å²) in [5, 5.41) is 2.69. The molecule has 0 saturated heterocycles. The van der Waals surface area contributed by atoms with Gasteiger partial charge in [0.1, 0.15) is 18.0 Å². The summed E-state index contributed by atoms with van der Waals surface area (Å²) in [4.78, 5) is 28.9. The molecule has 0 spiro atoms. The molecule has 134 valence electrons. The zero-order valence-corrected chi connectivity index (χ0v) is 15.0. The van der Waals surface area contributed by atoms with E-state index in [0.29, 0.717) is 18.8 Å². The minimum absolute atomic E-state index is 0.0457. The number of unbranched alkanes of at least 4 members (excludes halogenated alkanes) is 1. The molecular weight excluding hydrogens is 310 g/mol. The van der Waals surface area contributed by atoms with E-state index in [4.69, 9.17) is 9.47 Å². The Balaban J connectivity index is 2.09. The maximum absolute atomic E-state index is 12.5. The molecule has 1 aromatic rings. The first-order valence-electron chi connectivity index (χ1n) is 8.52. The van der Waals surface area contributed by atoms with E-state index < -0.39 is 11.6 Å². The number of carbonyl (C=O) groups is 2. The van der Waals surface area contributed by atoms with Crippen LogP contribution in [0.25, 0.3) is 0 Å². The number of nitrogens with one attached hydrogen (secondary N) is 1. The topological polar surface area (TPSA) is 82.5 Å². The smallest absolute Gasteiger partial charge is 0.359 e. The van der Waals surface area contributed by atoms with Gasteiger partial charge in [-0.05, 0) is 33.6 Å². The molecule has 1 amide bonds. The summed E-state index contributed by atoms with van der Waals surface area (Å²) >= 11 is 0. The molecule has 1 aromatic heterocycles. The van der Waals surface area contributed by atoms with Crippen LogP contribution in [0.4, 0.5) is 5.82 Å². The Morgan fingerprint density at radius 3 is 2.75 bits per heavy atom. The van der Waals surface area contributed by atoms with Crippen molar-refractivity contribution >= 4 is 17.7 Å². The van der Waals surface area contributed by atoms with Crippen molar-refractivity contribution in [3.63, 3.8) is 0 Å². The molecule has 7 heteroatoms. The SMILES string of the molecule is CCCCOCC(=O)Nc1nc2n(c1C(=O)OC(C)(C)C)CCC2. The fourth-order valence-corrected chi connectivity index (χ4v) is 2.53. The van der Waals surface area contributed by atoms with Gasteiger partial charge in [-0.2, -0.15) is 0 Å². The number of ether oxygens (including phenoxy) is 2. The first-order valence-corrected chi connectivity index (χ1v) is 8.52. The molecule has 0 aliphatic carbocycles. The second-order valence-corrected chi connectivity index (χ2v) is 6.94. The van der Waals surface area contributed by atoms with Gasteiger partial charge in [-0.1, -0.05) is 13.3 Å². The van der Waals surface area contributed by atoms with Crippen molar-refractivity contribution < 1.29 is 19.1 Å². The van der Waals surface area contributed by atoms with Crippen molar-refractivity contribution in [3.8, 4) is 0 Å². The molecule has 0 radical (unpaired) electrons. The molecule has 2 heterocycles. The summed E-state index contributed by atoms with van der Waals surface area (Å²) < 4.78 is 12.6. The summed E-state index contributed by atoms with van der Waals surface area (Å²) in [6.45, 7) is 8.70. The van der Waals surface area contributed by atoms with Crippen molar-refractivity contribution in [1.82, 2.24) is 9.55 Å². The predicted octanol–water partition coefficient (Wildman–Crippen LogP) is 2.54. The number of aryl methyl sites for hydroxylation is 1. The van der Waals surface area contributed by atoms with Crippen LogP contribution in [0.2, 0.25) is 0 Å². The minimum atomic E-state index is -0.606. The van der Waals surface area contributed by atoms with Crippen molar-refractivity contribution in [2.75, 3.05) is 18.5 Å². The Bertz CT molecular complexity index is 602. The number of esters is 1.